The molecule has 3 N–H and O–H groups in total. The molecule has 0 spiro atoms. The lowest BCUT2D eigenvalue weighted by atomic mass is 9.54. The van der Waals surface area contributed by atoms with Crippen LogP contribution in [0.2, 0.25) is 0 Å². The second-order valence-electron chi connectivity index (χ2n) is 9.06. The summed E-state index contributed by atoms with van der Waals surface area (Å²) in [6.45, 7) is 10.5. The van der Waals surface area contributed by atoms with Gasteiger partial charge >= 0.3 is 5.97 Å². The van der Waals surface area contributed by atoms with Crippen LogP contribution in [0.25, 0.3) is 0 Å². The van der Waals surface area contributed by atoms with Crippen molar-refractivity contribution in [1.82, 2.24) is 0 Å². The summed E-state index contributed by atoms with van der Waals surface area (Å²) in [7, 11) is 0. The third-order valence-electron chi connectivity index (χ3n) is 6.20. The van der Waals surface area contributed by atoms with Gasteiger partial charge in [0.25, 0.3) is 0 Å². The molecule has 1 aromatic rings. The summed E-state index contributed by atoms with van der Waals surface area (Å²) in [6, 6.07) is 0. The molecule has 6 heteroatoms. The number of phenolic OH excluding ortho intramolecular Hbond substituents is 2. The van der Waals surface area contributed by atoms with E-state index in [4.69, 9.17) is 4.74 Å². The molecule has 0 aliphatic heterocycles. The number of Topliss-reactive ketones (excluding diaryl/α,β-unsaturated/α-hetero) is 1. The molecule has 1 aromatic carbocycles. The van der Waals surface area contributed by atoms with E-state index in [1.165, 1.54) is 6.92 Å². The summed E-state index contributed by atoms with van der Waals surface area (Å²) in [5, 5.41) is 32.7. The zero-order valence-corrected chi connectivity index (χ0v) is 17.3. The molecule has 0 saturated heterocycles. The van der Waals surface area contributed by atoms with Gasteiger partial charge in [0.1, 0.15) is 5.75 Å². The highest BCUT2D eigenvalue weighted by molar-refractivity contribution is 6.14. The zero-order chi connectivity index (χ0) is 21.2. The third kappa shape index (κ3) is 2.61. The Bertz CT molecular complexity index is 922. The molecule has 0 bridgehead atoms. The van der Waals surface area contributed by atoms with Crippen molar-refractivity contribution in [3.05, 3.63) is 28.0 Å². The van der Waals surface area contributed by atoms with Crippen LogP contribution in [0, 0.1) is 5.41 Å². The van der Waals surface area contributed by atoms with Crippen LogP contribution < -0.4 is 4.74 Å². The number of phenols is 2. The molecule has 152 valence electrons. The van der Waals surface area contributed by atoms with E-state index in [0.717, 1.165) is 12.8 Å². The Labute approximate surface area is 164 Å². The van der Waals surface area contributed by atoms with E-state index in [2.05, 4.69) is 0 Å². The predicted molar refractivity (Wildman–Crippen MR) is 104 cm³/mol. The molecule has 1 unspecified atom stereocenters. The van der Waals surface area contributed by atoms with Crippen molar-refractivity contribution in [2.24, 2.45) is 5.41 Å². The molecule has 0 aromatic heterocycles. The number of allylic oxidation sites excluding steroid dienone is 2. The van der Waals surface area contributed by atoms with Crippen molar-refractivity contribution in [2.45, 2.75) is 72.1 Å². The molecule has 1 fully saturated rings. The quantitative estimate of drug-likeness (QED) is 0.504. The number of aliphatic hydroxyl groups excluding tert-OH is 1. The first-order chi connectivity index (χ1) is 12.8. The lowest BCUT2D eigenvalue weighted by molar-refractivity contribution is -0.132. The Morgan fingerprint density at radius 3 is 2.21 bits per heavy atom. The second-order valence-corrected chi connectivity index (χ2v) is 9.06. The van der Waals surface area contributed by atoms with Crippen molar-refractivity contribution in [2.75, 3.05) is 0 Å². The third-order valence-corrected chi connectivity index (χ3v) is 6.20. The van der Waals surface area contributed by atoms with Crippen LogP contribution in [0.1, 0.15) is 88.2 Å². The fourth-order valence-electron chi connectivity index (χ4n) is 5.20. The van der Waals surface area contributed by atoms with Crippen LogP contribution in [0.15, 0.2) is 11.3 Å². The summed E-state index contributed by atoms with van der Waals surface area (Å²) < 4.78 is 5.40. The standard InChI is InChI=1S/C22H28O6/c1-10(2)12-15(24)13-14(19(17(12)26)28-11(3)23)22(6)9-7-8-21(4,5)20(22)18(27)16(13)25/h10,24,26-27H,7-9H2,1-6H3. The predicted octanol–water partition coefficient (Wildman–Crippen LogP) is 4.62. The maximum Gasteiger partial charge on any atom is 0.308 e. The van der Waals surface area contributed by atoms with Gasteiger partial charge in [0.05, 0.1) is 5.56 Å². The first kappa shape index (κ1) is 20.2. The normalized spacial score (nSPS) is 23.5. The molecular weight excluding hydrogens is 360 g/mol. The number of aromatic hydroxyl groups is 2. The Hall–Kier alpha value is -2.50. The number of hydrogen-bond acceptors (Lipinski definition) is 6. The van der Waals surface area contributed by atoms with E-state index in [0.29, 0.717) is 12.0 Å². The van der Waals surface area contributed by atoms with Gasteiger partial charge in [-0.25, -0.2) is 0 Å². The molecule has 6 nitrogen and oxygen atoms in total. The van der Waals surface area contributed by atoms with Gasteiger partial charge in [-0.2, -0.15) is 0 Å². The topological polar surface area (TPSA) is 104 Å². The molecule has 0 heterocycles. The first-order valence-electron chi connectivity index (χ1n) is 9.64. The van der Waals surface area contributed by atoms with Crippen molar-refractivity contribution >= 4 is 11.8 Å². The van der Waals surface area contributed by atoms with Crippen LogP contribution >= 0.6 is 0 Å². The van der Waals surface area contributed by atoms with Gasteiger partial charge in [0.15, 0.2) is 17.3 Å². The van der Waals surface area contributed by atoms with E-state index in [-0.39, 0.29) is 45.6 Å². The monoisotopic (exact) mass is 388 g/mol. The fourth-order valence-corrected chi connectivity index (χ4v) is 5.20. The number of ketones is 1. The number of aliphatic hydroxyl groups is 1. The lowest BCUT2D eigenvalue weighted by Gasteiger charge is -2.49. The van der Waals surface area contributed by atoms with Gasteiger partial charge in [0, 0.05) is 23.5 Å². The number of carbonyl (C=O) groups is 2. The van der Waals surface area contributed by atoms with Crippen molar-refractivity contribution in [3.63, 3.8) is 0 Å². The van der Waals surface area contributed by atoms with Crippen LogP contribution in [-0.2, 0) is 10.2 Å². The van der Waals surface area contributed by atoms with E-state index in [1.54, 1.807) is 13.8 Å². The van der Waals surface area contributed by atoms with E-state index < -0.39 is 22.6 Å². The van der Waals surface area contributed by atoms with Gasteiger partial charge in [0.2, 0.25) is 5.78 Å². The lowest BCUT2D eigenvalue weighted by Crippen LogP contribution is -2.44. The van der Waals surface area contributed by atoms with Crippen LogP contribution in [0.5, 0.6) is 17.2 Å². The number of ether oxygens (including phenoxy) is 1. The molecule has 3 rings (SSSR count). The summed E-state index contributed by atoms with van der Waals surface area (Å²) in [6.07, 6.45) is 2.20. The minimum atomic E-state index is -0.857. The number of hydrogen-bond donors (Lipinski definition) is 3. The number of esters is 1. The van der Waals surface area contributed by atoms with Crippen LogP contribution in [0.3, 0.4) is 0 Å². The molecular formula is C22H28O6. The Kier molecular flexibility index (Phi) is 4.52. The van der Waals surface area contributed by atoms with Crippen LogP contribution in [0.4, 0.5) is 0 Å². The highest BCUT2D eigenvalue weighted by Crippen LogP contribution is 2.61. The average Bonchev–Trinajstić information content (AvgIpc) is 2.53. The maximum absolute atomic E-state index is 13.2. The largest absolute Gasteiger partial charge is 0.507 e. The highest BCUT2D eigenvalue weighted by atomic mass is 16.5. The zero-order valence-electron chi connectivity index (χ0n) is 17.3. The first-order valence-corrected chi connectivity index (χ1v) is 9.64. The van der Waals surface area contributed by atoms with Crippen LogP contribution in [-0.4, -0.2) is 27.1 Å². The SMILES string of the molecule is CC(=O)Oc1c(O)c(C(C)C)c(O)c2c1C1(C)CCCC(C)(C)C1=C(O)C2=O. The number of fused-ring (bicyclic) bond motifs is 3. The summed E-state index contributed by atoms with van der Waals surface area (Å²) in [4.78, 5) is 25.0. The molecule has 0 radical (unpaired) electrons. The molecule has 0 amide bonds. The summed E-state index contributed by atoms with van der Waals surface area (Å²) in [5.74, 6) is -2.82. The van der Waals surface area contributed by atoms with E-state index in [1.807, 2.05) is 20.8 Å². The van der Waals surface area contributed by atoms with E-state index >= 15 is 0 Å². The Balaban J connectivity index is 2.50. The Morgan fingerprint density at radius 1 is 1.07 bits per heavy atom. The maximum atomic E-state index is 13.2. The van der Waals surface area contributed by atoms with Gasteiger partial charge in [-0.3, -0.25) is 9.59 Å². The number of benzene rings is 1. The molecule has 28 heavy (non-hydrogen) atoms. The minimum absolute atomic E-state index is 0.0841. The minimum Gasteiger partial charge on any atom is -0.507 e. The fraction of sp³-hybridized carbons (Fsp3) is 0.545. The van der Waals surface area contributed by atoms with E-state index in [9.17, 15) is 24.9 Å². The van der Waals surface area contributed by atoms with Gasteiger partial charge in [-0.1, -0.05) is 41.0 Å². The second kappa shape index (κ2) is 6.26. The van der Waals surface area contributed by atoms with Crippen molar-refractivity contribution in [1.29, 1.82) is 0 Å². The molecule has 2 aliphatic rings. The molecule has 1 atom stereocenters. The molecule has 1 saturated carbocycles. The summed E-state index contributed by atoms with van der Waals surface area (Å²) >= 11 is 0. The van der Waals surface area contributed by atoms with Gasteiger partial charge in [-0.05, 0) is 29.7 Å². The van der Waals surface area contributed by atoms with Crippen molar-refractivity contribution in [3.8, 4) is 17.2 Å². The number of carbonyl (C=O) groups excluding carboxylic acids is 2. The smallest absolute Gasteiger partial charge is 0.308 e. The Morgan fingerprint density at radius 2 is 1.68 bits per heavy atom. The number of rotatable bonds is 2. The summed E-state index contributed by atoms with van der Waals surface area (Å²) in [5.41, 5.74) is -0.428. The van der Waals surface area contributed by atoms with Gasteiger partial charge in [-0.15, -0.1) is 0 Å². The highest BCUT2D eigenvalue weighted by Gasteiger charge is 2.53. The van der Waals surface area contributed by atoms with Gasteiger partial charge < -0.3 is 20.1 Å². The van der Waals surface area contributed by atoms with Crippen molar-refractivity contribution < 1.29 is 29.6 Å². The average molecular weight is 388 g/mol. The molecule has 2 aliphatic carbocycles.